The normalized spacial score (nSPS) is 8.88. The number of urea groups is 1. The summed E-state index contributed by atoms with van der Waals surface area (Å²) in [6, 6.07) is 8.80. The second kappa shape index (κ2) is 10.4. The molecular weight excluding hydrogens is 326 g/mol. The number of aromatic carboxylic acids is 2. The van der Waals surface area contributed by atoms with Crippen molar-refractivity contribution in [3.63, 3.8) is 0 Å². The van der Waals surface area contributed by atoms with E-state index in [1.54, 1.807) is 24.3 Å². The summed E-state index contributed by atoms with van der Waals surface area (Å²) < 4.78 is 0. The number of hydrogen-bond acceptors (Lipinski definition) is 5. The van der Waals surface area contributed by atoms with Crippen LogP contribution in [0.15, 0.2) is 42.5 Å². The molecule has 0 aliphatic heterocycles. The van der Waals surface area contributed by atoms with Crippen molar-refractivity contribution >= 4 is 29.3 Å². The van der Waals surface area contributed by atoms with E-state index in [4.69, 9.17) is 6.42 Å². The number of benzene rings is 2. The Bertz CT molecular complexity index is 845. The minimum Gasteiger partial charge on any atom is -0.545 e. The van der Waals surface area contributed by atoms with Crippen LogP contribution in [0.5, 0.6) is 0 Å². The van der Waals surface area contributed by atoms with E-state index in [-0.39, 0.29) is 43.4 Å². The predicted molar refractivity (Wildman–Crippen MR) is 82.1 cm³/mol. The number of anilines is 2. The van der Waals surface area contributed by atoms with Crippen molar-refractivity contribution in [1.29, 1.82) is 0 Å². The number of carboxylic acids is 2. The van der Waals surface area contributed by atoms with Gasteiger partial charge in [-0.05, 0) is 47.5 Å². The van der Waals surface area contributed by atoms with Gasteiger partial charge in [0.1, 0.15) is 0 Å². The van der Waals surface area contributed by atoms with Crippen molar-refractivity contribution in [3.05, 3.63) is 59.2 Å². The number of amides is 2. The van der Waals surface area contributed by atoms with Gasteiger partial charge in [-0.2, -0.15) is 0 Å². The molecule has 2 aromatic rings. The number of terminal acetylenes is 1. The summed E-state index contributed by atoms with van der Waals surface area (Å²) >= 11 is 0. The molecule has 0 heterocycles. The van der Waals surface area contributed by atoms with Crippen molar-refractivity contribution in [2.24, 2.45) is 0 Å². The fraction of sp³-hybridized carbons (Fsp3) is 0. The SMILES string of the molecule is C#Cc1cccc(NC(=O)Nc2cc(C(=O)[O-])cc(C(=O)[O-])c2)c1.[Li+].[Li+]. The molecule has 9 heteroatoms. The van der Waals surface area contributed by atoms with Gasteiger partial charge < -0.3 is 30.4 Å². The first-order chi connectivity index (χ1) is 11.4. The molecular formula is C17H10Li2N2O5. The van der Waals surface area contributed by atoms with Crippen LogP contribution in [-0.4, -0.2) is 18.0 Å². The minimum absolute atomic E-state index is 0. The van der Waals surface area contributed by atoms with Crippen LogP contribution in [0.1, 0.15) is 26.3 Å². The van der Waals surface area contributed by atoms with Crippen molar-refractivity contribution in [1.82, 2.24) is 0 Å². The van der Waals surface area contributed by atoms with Gasteiger partial charge in [-0.15, -0.1) is 6.42 Å². The Hall–Kier alpha value is -2.60. The summed E-state index contributed by atoms with van der Waals surface area (Å²) in [5.74, 6) is -0.747. The first-order valence-corrected chi connectivity index (χ1v) is 6.61. The van der Waals surface area contributed by atoms with E-state index >= 15 is 0 Å². The largest absolute Gasteiger partial charge is 1.00 e. The van der Waals surface area contributed by atoms with Gasteiger partial charge in [0.05, 0.1) is 11.9 Å². The Morgan fingerprint density at radius 3 is 1.88 bits per heavy atom. The summed E-state index contributed by atoms with van der Waals surface area (Å²) in [6.45, 7) is 0. The van der Waals surface area contributed by atoms with Crippen LogP contribution >= 0.6 is 0 Å². The van der Waals surface area contributed by atoms with Crippen molar-refractivity contribution in [2.45, 2.75) is 0 Å². The smallest absolute Gasteiger partial charge is 0.545 e. The number of carboxylic acid groups (broad SMARTS) is 2. The van der Waals surface area contributed by atoms with Crippen LogP contribution < -0.4 is 58.6 Å². The molecule has 2 N–H and O–H groups in total. The molecule has 0 fully saturated rings. The average molecular weight is 336 g/mol. The summed E-state index contributed by atoms with van der Waals surface area (Å²) in [5, 5.41) is 26.6. The van der Waals surface area contributed by atoms with Crippen molar-refractivity contribution in [2.75, 3.05) is 10.6 Å². The Morgan fingerprint density at radius 1 is 0.846 bits per heavy atom. The molecule has 0 aliphatic rings. The van der Waals surface area contributed by atoms with Gasteiger partial charge in [-0.3, -0.25) is 0 Å². The third-order valence-electron chi connectivity index (χ3n) is 2.95. The molecule has 0 bridgehead atoms. The number of rotatable bonds is 4. The van der Waals surface area contributed by atoms with E-state index in [0.717, 1.165) is 18.2 Å². The second-order valence-corrected chi connectivity index (χ2v) is 4.68. The zero-order valence-electron chi connectivity index (χ0n) is 14.2. The third-order valence-corrected chi connectivity index (χ3v) is 2.95. The molecule has 0 unspecified atom stereocenters. The molecule has 0 atom stereocenters. The maximum absolute atomic E-state index is 11.9. The maximum Gasteiger partial charge on any atom is 1.00 e. The molecule has 7 nitrogen and oxygen atoms in total. The Balaban J connectivity index is 0.00000312. The molecule has 0 saturated heterocycles. The van der Waals surface area contributed by atoms with Crippen LogP contribution in [0, 0.1) is 12.3 Å². The molecule has 2 aromatic carbocycles. The molecule has 2 rings (SSSR count). The minimum atomic E-state index is -1.58. The van der Waals surface area contributed by atoms with Gasteiger partial charge in [-0.1, -0.05) is 12.0 Å². The molecule has 26 heavy (non-hydrogen) atoms. The molecule has 0 saturated carbocycles. The van der Waals surface area contributed by atoms with E-state index in [9.17, 15) is 24.6 Å². The Morgan fingerprint density at radius 2 is 1.38 bits per heavy atom. The van der Waals surface area contributed by atoms with Gasteiger partial charge in [0.15, 0.2) is 0 Å². The number of hydrogen-bond donors (Lipinski definition) is 2. The van der Waals surface area contributed by atoms with Crippen LogP contribution in [0.4, 0.5) is 16.2 Å². The van der Waals surface area contributed by atoms with Gasteiger partial charge >= 0.3 is 43.8 Å². The van der Waals surface area contributed by atoms with Gasteiger partial charge in [0.25, 0.3) is 0 Å². The predicted octanol–water partition coefficient (Wildman–Crippen LogP) is -5.95. The Labute approximate surface area is 173 Å². The van der Waals surface area contributed by atoms with E-state index in [0.29, 0.717) is 11.3 Å². The van der Waals surface area contributed by atoms with Crippen LogP contribution in [-0.2, 0) is 0 Å². The fourth-order valence-corrected chi connectivity index (χ4v) is 1.92. The van der Waals surface area contributed by atoms with Crippen LogP contribution in [0.2, 0.25) is 0 Å². The van der Waals surface area contributed by atoms with E-state index in [2.05, 4.69) is 16.6 Å². The number of carbonyl (C=O) groups excluding carboxylic acids is 3. The molecule has 0 spiro atoms. The molecule has 120 valence electrons. The topological polar surface area (TPSA) is 121 Å². The standard InChI is InChI=1S/C17H12N2O5.2Li/c1-2-10-4-3-5-13(6-10)18-17(24)19-14-8-11(15(20)21)7-12(9-14)16(22)23;;/h1,3-9H,(H,20,21)(H,22,23)(H2,18,19,24);;/q;2*+1/p-2. The van der Waals surface area contributed by atoms with Gasteiger partial charge in [0, 0.05) is 16.9 Å². The summed E-state index contributed by atoms with van der Waals surface area (Å²) in [4.78, 5) is 33.8. The van der Waals surface area contributed by atoms with E-state index in [1.165, 1.54) is 0 Å². The van der Waals surface area contributed by atoms with E-state index in [1.807, 2.05) is 0 Å². The van der Waals surface area contributed by atoms with Crippen LogP contribution in [0.3, 0.4) is 0 Å². The molecule has 0 aromatic heterocycles. The summed E-state index contributed by atoms with van der Waals surface area (Å²) in [6.07, 6.45) is 5.26. The maximum atomic E-state index is 11.9. The second-order valence-electron chi connectivity index (χ2n) is 4.68. The van der Waals surface area contributed by atoms with Crippen molar-refractivity contribution < 1.29 is 62.3 Å². The zero-order chi connectivity index (χ0) is 17.7. The fourth-order valence-electron chi connectivity index (χ4n) is 1.92. The van der Waals surface area contributed by atoms with Gasteiger partial charge in [-0.25, -0.2) is 4.79 Å². The monoisotopic (exact) mass is 336 g/mol. The Kier molecular flexibility index (Phi) is 9.37. The zero-order valence-corrected chi connectivity index (χ0v) is 14.2. The molecule has 0 radical (unpaired) electrons. The molecule has 0 aliphatic carbocycles. The number of nitrogens with one attached hydrogen (secondary N) is 2. The van der Waals surface area contributed by atoms with E-state index < -0.39 is 29.1 Å². The summed E-state index contributed by atoms with van der Waals surface area (Å²) in [5.41, 5.74) is 0.134. The van der Waals surface area contributed by atoms with Gasteiger partial charge in [0.2, 0.25) is 0 Å². The molecule has 2 amide bonds. The third kappa shape index (κ3) is 6.37. The van der Waals surface area contributed by atoms with Crippen molar-refractivity contribution in [3.8, 4) is 12.3 Å². The summed E-state index contributed by atoms with van der Waals surface area (Å²) in [7, 11) is 0. The number of carbonyl (C=O) groups is 3. The first-order valence-electron chi connectivity index (χ1n) is 6.61. The first kappa shape index (κ1) is 23.4. The quantitative estimate of drug-likeness (QED) is 0.425. The average Bonchev–Trinajstić information content (AvgIpc) is 2.54. The van der Waals surface area contributed by atoms with Crippen LogP contribution in [0.25, 0.3) is 0 Å².